The lowest BCUT2D eigenvalue weighted by atomic mass is 10.1. The maximum Gasteiger partial charge on any atom is 0.333 e. The molecule has 2 nitrogen and oxygen atoms in total. The molecule has 1 fully saturated rings. The highest BCUT2D eigenvalue weighted by atomic mass is 16.5. The number of carbonyl (C=O) groups excluding carboxylic acids is 1. The zero-order valence-electron chi connectivity index (χ0n) is 10.7. The molecule has 2 rings (SSSR count). The van der Waals surface area contributed by atoms with Crippen LogP contribution in [0.4, 0.5) is 0 Å². The molecule has 94 valence electrons. The van der Waals surface area contributed by atoms with Gasteiger partial charge in [-0.05, 0) is 18.1 Å². The highest BCUT2D eigenvalue weighted by Crippen LogP contribution is 2.16. The fourth-order valence-electron chi connectivity index (χ4n) is 1.62. The van der Waals surface area contributed by atoms with Crippen LogP contribution in [-0.2, 0) is 9.53 Å². The fraction of sp³-hybridized carbons (Fsp3) is 0.188. The van der Waals surface area contributed by atoms with Gasteiger partial charge in [-0.1, -0.05) is 56.2 Å². The zero-order valence-corrected chi connectivity index (χ0v) is 10.7. The summed E-state index contributed by atoms with van der Waals surface area (Å²) < 4.78 is 4.73. The number of hydrogen-bond donors (Lipinski definition) is 0. The summed E-state index contributed by atoms with van der Waals surface area (Å²) in [7, 11) is 0. The average Bonchev–Trinajstić information content (AvgIpc) is 2.67. The summed E-state index contributed by atoms with van der Waals surface area (Å²) in [4.78, 5) is 10.5. The van der Waals surface area contributed by atoms with Gasteiger partial charge in [-0.3, -0.25) is 0 Å². The summed E-state index contributed by atoms with van der Waals surface area (Å²) in [6, 6.07) is 8.02. The topological polar surface area (TPSA) is 26.3 Å². The van der Waals surface area contributed by atoms with E-state index < -0.39 is 0 Å². The van der Waals surface area contributed by atoms with Crippen molar-refractivity contribution in [3.8, 4) is 0 Å². The molecule has 2 heteroatoms. The molecule has 0 amide bonds. The van der Waals surface area contributed by atoms with Crippen molar-refractivity contribution >= 4 is 18.1 Å². The number of carbonyl (C=O) groups is 1. The standard InChI is InChI=1S/C10H10.C6H8O2/c1-3-9-7-5-6-8-10(9)4-2;1-4-3-5(2)8-6(4)7/h3-8H,1-2H2;5H,1,3H2,2H3. The predicted molar refractivity (Wildman–Crippen MR) is 75.9 cm³/mol. The molecule has 0 aromatic heterocycles. The van der Waals surface area contributed by atoms with Crippen LogP contribution in [0.15, 0.2) is 49.6 Å². The van der Waals surface area contributed by atoms with Crippen LogP contribution in [-0.4, -0.2) is 12.1 Å². The first kappa shape index (κ1) is 14.0. The van der Waals surface area contributed by atoms with Gasteiger partial charge < -0.3 is 4.74 Å². The predicted octanol–water partition coefficient (Wildman–Crippen LogP) is 3.85. The molecule has 18 heavy (non-hydrogen) atoms. The van der Waals surface area contributed by atoms with Gasteiger partial charge in [0.15, 0.2) is 0 Å². The van der Waals surface area contributed by atoms with Gasteiger partial charge in [-0.2, -0.15) is 0 Å². The van der Waals surface area contributed by atoms with E-state index in [4.69, 9.17) is 4.74 Å². The van der Waals surface area contributed by atoms with Crippen molar-refractivity contribution in [2.45, 2.75) is 19.4 Å². The van der Waals surface area contributed by atoms with E-state index in [0.717, 1.165) is 11.1 Å². The third-order valence-electron chi connectivity index (χ3n) is 2.57. The Labute approximate surface area is 108 Å². The lowest BCUT2D eigenvalue weighted by Crippen LogP contribution is -1.99. The van der Waals surface area contributed by atoms with Crippen molar-refractivity contribution in [1.82, 2.24) is 0 Å². The molecule has 1 atom stereocenters. The second kappa shape index (κ2) is 6.60. The van der Waals surface area contributed by atoms with Crippen LogP contribution < -0.4 is 0 Å². The Balaban J connectivity index is 0.000000184. The molecule has 1 aromatic carbocycles. The third-order valence-corrected chi connectivity index (χ3v) is 2.57. The SMILES string of the molecule is C=C1CC(C)OC1=O.C=Cc1ccccc1C=C. The minimum absolute atomic E-state index is 0.0509. The molecule has 1 heterocycles. The van der Waals surface area contributed by atoms with Crippen molar-refractivity contribution in [1.29, 1.82) is 0 Å². The second-order valence-corrected chi connectivity index (χ2v) is 4.06. The number of esters is 1. The van der Waals surface area contributed by atoms with Gasteiger partial charge in [-0.25, -0.2) is 4.79 Å². The van der Waals surface area contributed by atoms with Crippen molar-refractivity contribution < 1.29 is 9.53 Å². The molecule has 1 unspecified atom stereocenters. The highest BCUT2D eigenvalue weighted by Gasteiger charge is 2.22. The lowest BCUT2D eigenvalue weighted by molar-refractivity contribution is -0.138. The van der Waals surface area contributed by atoms with E-state index in [9.17, 15) is 4.79 Å². The summed E-state index contributed by atoms with van der Waals surface area (Å²) in [5.41, 5.74) is 2.87. The maximum atomic E-state index is 10.5. The number of hydrogen-bond acceptors (Lipinski definition) is 2. The quantitative estimate of drug-likeness (QED) is 0.581. The van der Waals surface area contributed by atoms with Gasteiger partial charge in [0.1, 0.15) is 6.10 Å². The van der Waals surface area contributed by atoms with Crippen molar-refractivity contribution in [2.24, 2.45) is 0 Å². The van der Waals surface area contributed by atoms with Crippen LogP contribution in [0.5, 0.6) is 0 Å². The molecule has 0 N–H and O–H groups in total. The van der Waals surface area contributed by atoms with E-state index >= 15 is 0 Å². The molecule has 0 bridgehead atoms. The summed E-state index contributed by atoms with van der Waals surface area (Å²) in [6.07, 6.45) is 4.40. The first-order valence-corrected chi connectivity index (χ1v) is 5.81. The average molecular weight is 242 g/mol. The van der Waals surface area contributed by atoms with Gasteiger partial charge in [-0.15, -0.1) is 0 Å². The maximum absolute atomic E-state index is 10.5. The van der Waals surface area contributed by atoms with E-state index in [1.165, 1.54) is 0 Å². The number of rotatable bonds is 2. The smallest absolute Gasteiger partial charge is 0.333 e. The zero-order chi connectivity index (χ0) is 13.5. The second-order valence-electron chi connectivity index (χ2n) is 4.06. The molecular formula is C16H18O2. The van der Waals surface area contributed by atoms with Crippen LogP contribution in [0.1, 0.15) is 24.5 Å². The number of benzene rings is 1. The van der Waals surface area contributed by atoms with E-state index in [1.807, 2.05) is 43.3 Å². The van der Waals surface area contributed by atoms with Gasteiger partial charge in [0.05, 0.1) is 0 Å². The first-order chi connectivity index (χ1) is 8.58. The summed E-state index contributed by atoms with van der Waals surface area (Å²) in [6.45, 7) is 12.8. The van der Waals surface area contributed by atoms with Crippen LogP contribution in [0.25, 0.3) is 12.2 Å². The molecule has 1 aliphatic rings. The Kier molecular flexibility index (Phi) is 5.12. The van der Waals surface area contributed by atoms with Gasteiger partial charge >= 0.3 is 5.97 Å². The third kappa shape index (κ3) is 3.74. The molecule has 1 aliphatic heterocycles. The van der Waals surface area contributed by atoms with Gasteiger partial charge in [0.2, 0.25) is 0 Å². The Bertz CT molecular complexity index is 429. The molecule has 0 aliphatic carbocycles. The number of ether oxygens (including phenoxy) is 1. The minimum atomic E-state index is -0.238. The molecule has 0 spiro atoms. The summed E-state index contributed by atoms with van der Waals surface area (Å²) >= 11 is 0. The van der Waals surface area contributed by atoms with Gasteiger partial charge in [0.25, 0.3) is 0 Å². The lowest BCUT2D eigenvalue weighted by Gasteiger charge is -1.96. The largest absolute Gasteiger partial charge is 0.459 e. The Hall–Kier alpha value is -2.09. The first-order valence-electron chi connectivity index (χ1n) is 5.81. The van der Waals surface area contributed by atoms with Crippen LogP contribution in [0.2, 0.25) is 0 Å². The van der Waals surface area contributed by atoms with E-state index in [0.29, 0.717) is 12.0 Å². The molecular weight excluding hydrogens is 224 g/mol. The summed E-state index contributed by atoms with van der Waals surface area (Å²) in [5.74, 6) is -0.238. The normalized spacial score (nSPS) is 17.5. The minimum Gasteiger partial charge on any atom is -0.459 e. The number of cyclic esters (lactones) is 1. The van der Waals surface area contributed by atoms with Crippen LogP contribution in [0, 0.1) is 0 Å². The van der Waals surface area contributed by atoms with Crippen molar-refractivity contribution in [3.05, 3.63) is 60.7 Å². The molecule has 1 saturated heterocycles. The van der Waals surface area contributed by atoms with E-state index in [1.54, 1.807) is 0 Å². The Morgan fingerprint density at radius 2 is 1.72 bits per heavy atom. The monoisotopic (exact) mass is 242 g/mol. The van der Waals surface area contributed by atoms with Crippen LogP contribution in [0.3, 0.4) is 0 Å². The molecule has 0 saturated carbocycles. The summed E-state index contributed by atoms with van der Waals surface area (Å²) in [5, 5.41) is 0. The van der Waals surface area contributed by atoms with Gasteiger partial charge in [0, 0.05) is 12.0 Å². The molecule has 0 radical (unpaired) electrons. The highest BCUT2D eigenvalue weighted by molar-refractivity contribution is 5.89. The van der Waals surface area contributed by atoms with E-state index in [2.05, 4.69) is 19.7 Å². The Morgan fingerprint density at radius 1 is 1.22 bits per heavy atom. The molecule has 1 aromatic rings. The Morgan fingerprint density at radius 3 is 1.94 bits per heavy atom. The van der Waals surface area contributed by atoms with Crippen molar-refractivity contribution in [2.75, 3.05) is 0 Å². The fourth-order valence-corrected chi connectivity index (χ4v) is 1.62. The van der Waals surface area contributed by atoms with E-state index in [-0.39, 0.29) is 12.1 Å². The van der Waals surface area contributed by atoms with Crippen LogP contribution >= 0.6 is 0 Å². The van der Waals surface area contributed by atoms with Crippen molar-refractivity contribution in [3.63, 3.8) is 0 Å².